The number of aromatic nitrogens is 2. The first kappa shape index (κ1) is 15.0. The van der Waals surface area contributed by atoms with Crippen molar-refractivity contribution in [2.75, 3.05) is 18.8 Å². The molecule has 0 bridgehead atoms. The van der Waals surface area contributed by atoms with E-state index in [1.54, 1.807) is 17.0 Å². The molecule has 2 heterocycles. The molecule has 7 nitrogen and oxygen atoms in total. The second-order valence-electron chi connectivity index (χ2n) is 5.40. The summed E-state index contributed by atoms with van der Waals surface area (Å²) in [5, 5.41) is 7.28. The van der Waals surface area contributed by atoms with Gasteiger partial charge in [-0.2, -0.15) is 0 Å². The van der Waals surface area contributed by atoms with Crippen molar-refractivity contribution in [3.05, 3.63) is 18.2 Å². The van der Waals surface area contributed by atoms with Gasteiger partial charge in [-0.3, -0.25) is 4.79 Å². The first-order valence-electron chi connectivity index (χ1n) is 7.30. The summed E-state index contributed by atoms with van der Waals surface area (Å²) < 4.78 is 29.5. The molecule has 0 radical (unpaired) electrons. The van der Waals surface area contributed by atoms with Gasteiger partial charge in [0, 0.05) is 19.5 Å². The molecule has 1 aromatic carbocycles. The van der Waals surface area contributed by atoms with E-state index >= 15 is 0 Å². The summed E-state index contributed by atoms with van der Waals surface area (Å²) in [4.78, 5) is 13.9. The van der Waals surface area contributed by atoms with Crippen LogP contribution in [0.4, 0.5) is 0 Å². The van der Waals surface area contributed by atoms with Gasteiger partial charge in [0.15, 0.2) is 15.4 Å². The van der Waals surface area contributed by atoms with Crippen molar-refractivity contribution >= 4 is 26.8 Å². The number of hydrogen-bond donors (Lipinski definition) is 0. The van der Waals surface area contributed by atoms with E-state index in [-0.39, 0.29) is 28.5 Å². The summed E-state index contributed by atoms with van der Waals surface area (Å²) in [6.07, 6.45) is 3.10. The number of hydrogen-bond acceptors (Lipinski definition) is 6. The van der Waals surface area contributed by atoms with Crippen LogP contribution in [0.2, 0.25) is 0 Å². The Morgan fingerprint density at radius 2 is 1.95 bits per heavy atom. The lowest BCUT2D eigenvalue weighted by Crippen LogP contribution is -2.36. The predicted molar refractivity (Wildman–Crippen MR) is 78.9 cm³/mol. The molecule has 0 unspecified atom stereocenters. The maximum Gasteiger partial charge on any atom is 0.223 e. The minimum Gasteiger partial charge on any atom is -0.343 e. The zero-order chi connectivity index (χ0) is 15.6. The highest BCUT2D eigenvalue weighted by Gasteiger charge is 2.23. The van der Waals surface area contributed by atoms with Gasteiger partial charge >= 0.3 is 0 Å². The number of nitrogens with zero attached hydrogens (tertiary/aromatic N) is 3. The average Bonchev–Trinajstić information content (AvgIpc) is 3.02. The number of amides is 1. The summed E-state index contributed by atoms with van der Waals surface area (Å²) in [5.74, 6) is -0.331. The number of benzene rings is 1. The third-order valence-corrected chi connectivity index (χ3v) is 5.62. The minimum atomic E-state index is -3.60. The van der Waals surface area contributed by atoms with Crippen LogP contribution in [0, 0.1) is 0 Å². The molecule has 0 spiro atoms. The van der Waals surface area contributed by atoms with Crippen molar-refractivity contribution in [1.82, 2.24) is 15.2 Å². The Kier molecular flexibility index (Phi) is 4.10. The zero-order valence-corrected chi connectivity index (χ0v) is 12.9. The monoisotopic (exact) mass is 323 g/mol. The van der Waals surface area contributed by atoms with E-state index < -0.39 is 9.84 Å². The van der Waals surface area contributed by atoms with Gasteiger partial charge in [0.05, 0.1) is 10.6 Å². The molecule has 1 aromatic heterocycles. The fourth-order valence-corrected chi connectivity index (χ4v) is 4.05. The molecule has 118 valence electrons. The van der Waals surface area contributed by atoms with Crippen molar-refractivity contribution in [3.63, 3.8) is 0 Å². The number of likely N-dealkylation sites (tertiary alicyclic amines) is 1. The molecule has 0 aliphatic carbocycles. The van der Waals surface area contributed by atoms with Gasteiger partial charge in [0.1, 0.15) is 5.52 Å². The molecule has 1 aliphatic rings. The second-order valence-corrected chi connectivity index (χ2v) is 7.48. The highest BCUT2D eigenvalue weighted by atomic mass is 32.2. The van der Waals surface area contributed by atoms with Gasteiger partial charge in [0.25, 0.3) is 0 Å². The third kappa shape index (κ3) is 2.96. The molecule has 8 heteroatoms. The summed E-state index contributed by atoms with van der Waals surface area (Å²) >= 11 is 0. The Morgan fingerprint density at radius 1 is 1.18 bits per heavy atom. The summed E-state index contributed by atoms with van der Waals surface area (Å²) in [7, 11) is -3.60. The van der Waals surface area contributed by atoms with Gasteiger partial charge in [-0.1, -0.05) is 6.07 Å². The molecule has 1 saturated heterocycles. The fraction of sp³-hybridized carbons (Fsp3) is 0.500. The first-order valence-corrected chi connectivity index (χ1v) is 8.95. The number of rotatable bonds is 4. The van der Waals surface area contributed by atoms with Gasteiger partial charge in [0.2, 0.25) is 5.91 Å². The maximum atomic E-state index is 12.5. The third-order valence-electron chi connectivity index (χ3n) is 3.88. The number of fused-ring (bicyclic) bond motifs is 1. The van der Waals surface area contributed by atoms with Crippen LogP contribution in [0.3, 0.4) is 0 Å². The molecule has 0 atom stereocenters. The lowest BCUT2D eigenvalue weighted by Gasteiger charge is -2.26. The number of carbonyl (C=O) groups is 1. The van der Waals surface area contributed by atoms with Crippen LogP contribution in [-0.4, -0.2) is 48.4 Å². The van der Waals surface area contributed by atoms with E-state index in [9.17, 15) is 13.2 Å². The van der Waals surface area contributed by atoms with E-state index in [2.05, 4.69) is 14.9 Å². The van der Waals surface area contributed by atoms with Gasteiger partial charge in [-0.05, 0) is 41.7 Å². The van der Waals surface area contributed by atoms with Crippen molar-refractivity contribution < 1.29 is 17.8 Å². The van der Waals surface area contributed by atoms with Crippen LogP contribution in [0.15, 0.2) is 27.7 Å². The standard InChI is InChI=1S/C14H17N3O4S/c18-13(17-8-2-1-3-9-17)7-10-22(19,20)12-6-4-5-11-14(12)16-21-15-11/h4-6H,1-3,7-10H2. The molecule has 1 amide bonds. The largest absolute Gasteiger partial charge is 0.343 e. The van der Waals surface area contributed by atoms with Crippen molar-refractivity contribution in [3.8, 4) is 0 Å². The van der Waals surface area contributed by atoms with E-state index in [0.29, 0.717) is 5.52 Å². The molecule has 22 heavy (non-hydrogen) atoms. The van der Waals surface area contributed by atoms with Crippen LogP contribution in [0.25, 0.3) is 11.0 Å². The predicted octanol–water partition coefficient (Wildman–Crippen LogP) is 1.40. The number of piperidine rings is 1. The lowest BCUT2D eigenvalue weighted by atomic mass is 10.1. The molecule has 2 aromatic rings. The molecule has 0 saturated carbocycles. The Hall–Kier alpha value is -1.96. The molecule has 0 N–H and O–H groups in total. The van der Waals surface area contributed by atoms with Crippen LogP contribution >= 0.6 is 0 Å². The number of sulfone groups is 1. The van der Waals surface area contributed by atoms with E-state index in [1.807, 2.05) is 0 Å². The summed E-state index contributed by atoms with van der Waals surface area (Å²) in [6.45, 7) is 1.45. The van der Waals surface area contributed by atoms with Crippen molar-refractivity contribution in [1.29, 1.82) is 0 Å². The Labute approximate surface area is 128 Å². The van der Waals surface area contributed by atoms with Crippen LogP contribution < -0.4 is 0 Å². The van der Waals surface area contributed by atoms with Crippen molar-refractivity contribution in [2.24, 2.45) is 0 Å². The van der Waals surface area contributed by atoms with Crippen LogP contribution in [-0.2, 0) is 14.6 Å². The molecule has 1 aliphatic heterocycles. The molecular formula is C14H17N3O4S. The summed E-state index contributed by atoms with van der Waals surface area (Å²) in [6, 6.07) is 4.68. The molecule has 1 fully saturated rings. The van der Waals surface area contributed by atoms with Crippen molar-refractivity contribution in [2.45, 2.75) is 30.6 Å². The lowest BCUT2D eigenvalue weighted by molar-refractivity contribution is -0.131. The van der Waals surface area contributed by atoms with Crippen LogP contribution in [0.5, 0.6) is 0 Å². The smallest absolute Gasteiger partial charge is 0.223 e. The first-order chi connectivity index (χ1) is 10.6. The summed E-state index contributed by atoms with van der Waals surface area (Å²) in [5.41, 5.74) is 0.608. The fourth-order valence-electron chi connectivity index (χ4n) is 2.67. The highest BCUT2D eigenvalue weighted by Crippen LogP contribution is 2.21. The maximum absolute atomic E-state index is 12.5. The Morgan fingerprint density at radius 3 is 2.73 bits per heavy atom. The topological polar surface area (TPSA) is 93.4 Å². The van der Waals surface area contributed by atoms with Gasteiger partial charge < -0.3 is 4.90 Å². The van der Waals surface area contributed by atoms with E-state index in [0.717, 1.165) is 32.4 Å². The zero-order valence-electron chi connectivity index (χ0n) is 12.1. The Balaban J connectivity index is 1.73. The average molecular weight is 323 g/mol. The molecule has 3 rings (SSSR count). The van der Waals surface area contributed by atoms with E-state index in [1.165, 1.54) is 6.07 Å². The highest BCUT2D eigenvalue weighted by molar-refractivity contribution is 7.91. The van der Waals surface area contributed by atoms with E-state index in [4.69, 9.17) is 0 Å². The SMILES string of the molecule is O=C(CCS(=O)(=O)c1cccc2nonc12)N1CCCCC1. The van der Waals surface area contributed by atoms with Gasteiger partial charge in [-0.25, -0.2) is 13.0 Å². The second kappa shape index (κ2) is 6.04. The van der Waals surface area contributed by atoms with Gasteiger partial charge in [-0.15, -0.1) is 0 Å². The number of carbonyl (C=O) groups excluding carboxylic acids is 1. The Bertz CT molecular complexity index is 778. The quantitative estimate of drug-likeness (QED) is 0.844. The van der Waals surface area contributed by atoms with Crippen LogP contribution in [0.1, 0.15) is 25.7 Å². The minimum absolute atomic E-state index is 0.00992. The normalized spacial score (nSPS) is 16.1. The molecular weight excluding hydrogens is 306 g/mol.